The molecule has 7 rings (SSSR count). The Kier molecular flexibility index (Phi) is 9.66. The van der Waals surface area contributed by atoms with E-state index in [4.69, 9.17) is 16.3 Å². The van der Waals surface area contributed by atoms with Crippen molar-refractivity contribution in [3.8, 4) is 0 Å². The fraction of sp³-hybridized carbons (Fsp3) is 0.553. The van der Waals surface area contributed by atoms with Crippen molar-refractivity contribution < 1.29 is 19.1 Å². The molecule has 10 heteroatoms. The lowest BCUT2D eigenvalue weighted by Gasteiger charge is -2.38. The van der Waals surface area contributed by atoms with Crippen LogP contribution in [0.4, 0.5) is 5.69 Å². The maximum Gasteiger partial charge on any atom is 0.246 e. The molecule has 5 aliphatic rings. The van der Waals surface area contributed by atoms with Crippen molar-refractivity contribution in [1.29, 1.82) is 0 Å². The van der Waals surface area contributed by atoms with Crippen molar-refractivity contribution in [3.63, 3.8) is 0 Å². The van der Waals surface area contributed by atoms with Gasteiger partial charge in [0.05, 0.1) is 17.9 Å². The number of carbonyl (C=O) groups is 3. The summed E-state index contributed by atoms with van der Waals surface area (Å²) < 4.78 is 6.57. The van der Waals surface area contributed by atoms with Gasteiger partial charge in [0.25, 0.3) is 0 Å². The number of carbonyl (C=O) groups excluding carboxylic acids is 3. The monoisotopic (exact) mass is 673 g/mol. The third kappa shape index (κ3) is 6.42. The molecule has 3 amide bonds. The number of likely N-dealkylation sites (tertiary alicyclic amines) is 1. The van der Waals surface area contributed by atoms with Gasteiger partial charge in [0.2, 0.25) is 17.7 Å². The van der Waals surface area contributed by atoms with E-state index in [1.807, 2.05) is 18.2 Å². The molecule has 1 aliphatic carbocycles. The first-order chi connectivity index (χ1) is 23.2. The summed E-state index contributed by atoms with van der Waals surface area (Å²) in [7, 11) is 0. The van der Waals surface area contributed by atoms with Crippen LogP contribution in [0.3, 0.4) is 0 Å². The van der Waals surface area contributed by atoms with E-state index in [9.17, 15) is 14.4 Å². The lowest BCUT2D eigenvalue weighted by Crippen LogP contribution is -2.58. The van der Waals surface area contributed by atoms with Crippen LogP contribution in [0.2, 0.25) is 5.02 Å². The quantitative estimate of drug-likeness (QED) is 0.359. The number of rotatable bonds is 10. The average Bonchev–Trinajstić information content (AvgIpc) is 3.73. The van der Waals surface area contributed by atoms with E-state index in [2.05, 4.69) is 58.5 Å². The number of nitrogens with zero attached hydrogens (tertiary/aromatic N) is 3. The molecule has 4 fully saturated rings. The van der Waals surface area contributed by atoms with Gasteiger partial charge in [-0.2, -0.15) is 0 Å². The molecular formula is C38H48ClN5O4. The summed E-state index contributed by atoms with van der Waals surface area (Å²) in [6, 6.07) is 16.7. The van der Waals surface area contributed by atoms with Gasteiger partial charge in [-0.25, -0.2) is 0 Å². The van der Waals surface area contributed by atoms with E-state index in [1.165, 1.54) is 5.56 Å². The second kappa shape index (κ2) is 13.9. The predicted molar refractivity (Wildman–Crippen MR) is 186 cm³/mol. The van der Waals surface area contributed by atoms with E-state index in [0.717, 1.165) is 65.0 Å². The fourth-order valence-corrected chi connectivity index (χ4v) is 8.92. The molecule has 8 unspecified atom stereocenters. The van der Waals surface area contributed by atoms with Crippen LogP contribution in [0.5, 0.6) is 0 Å². The topological polar surface area (TPSA) is 94.2 Å². The zero-order chi connectivity index (χ0) is 33.4. The van der Waals surface area contributed by atoms with Crippen LogP contribution < -0.4 is 10.6 Å². The first kappa shape index (κ1) is 33.3. The summed E-state index contributed by atoms with van der Waals surface area (Å²) in [5.41, 5.74) is 0.766. The van der Waals surface area contributed by atoms with Gasteiger partial charge in [0.15, 0.2) is 0 Å². The molecule has 8 atom stereocenters. The fourth-order valence-electron chi connectivity index (χ4n) is 8.79. The van der Waals surface area contributed by atoms with Crippen molar-refractivity contribution in [1.82, 2.24) is 20.0 Å². The Morgan fingerprint density at radius 2 is 1.67 bits per heavy atom. The maximum absolute atomic E-state index is 14.4. The van der Waals surface area contributed by atoms with Crippen LogP contribution in [0.25, 0.3) is 0 Å². The Balaban J connectivity index is 1.05. The second-order valence-corrected chi connectivity index (χ2v) is 15.0. The lowest BCUT2D eigenvalue weighted by atomic mass is 9.73. The number of hydrogen-bond acceptors (Lipinski definition) is 6. The molecule has 0 radical (unpaired) electrons. The van der Waals surface area contributed by atoms with Gasteiger partial charge in [-0.05, 0) is 61.1 Å². The molecule has 1 saturated carbocycles. The van der Waals surface area contributed by atoms with E-state index in [-0.39, 0.29) is 23.8 Å². The average molecular weight is 674 g/mol. The highest BCUT2D eigenvalue weighted by atomic mass is 35.5. The molecule has 2 bridgehead atoms. The predicted octanol–water partition coefficient (Wildman–Crippen LogP) is 4.58. The SMILES string of the molecule is CC1CCCC(NC(=O)C2N(CCCN3CCN(Cc4ccccc4)CC3)C(=O)C3C(C(=O)Nc4ccc(Cl)cc4)C4C=CC32O4)C1C. The van der Waals surface area contributed by atoms with Crippen LogP contribution in [0.1, 0.15) is 45.1 Å². The number of ether oxygens (including phenoxy) is 1. The highest BCUT2D eigenvalue weighted by Gasteiger charge is 2.72. The molecular weight excluding hydrogens is 626 g/mol. The van der Waals surface area contributed by atoms with Crippen molar-refractivity contribution in [2.24, 2.45) is 23.7 Å². The summed E-state index contributed by atoms with van der Waals surface area (Å²) in [5.74, 6) is -1.26. The Bertz CT molecular complexity index is 1510. The zero-order valence-electron chi connectivity index (χ0n) is 28.0. The maximum atomic E-state index is 14.4. The molecule has 9 nitrogen and oxygen atoms in total. The molecule has 2 N–H and O–H groups in total. The number of amides is 3. The molecule has 3 saturated heterocycles. The number of fused-ring (bicyclic) bond motifs is 1. The van der Waals surface area contributed by atoms with E-state index < -0.39 is 29.6 Å². The van der Waals surface area contributed by atoms with Gasteiger partial charge < -0.3 is 25.2 Å². The standard InChI is InChI=1S/C38H48ClN5O4/c1-25-8-6-11-30(26(25)2)41-36(46)34-38-17-16-31(48-38)32(35(45)40-29-14-12-28(39)13-15-29)33(38)37(47)44(34)19-7-18-42-20-22-43(23-21-42)24-27-9-4-3-5-10-27/h3-5,9-10,12-17,25-26,30-34H,6-8,11,18-24H2,1-2H3,(H,40,45)(H,41,46). The van der Waals surface area contributed by atoms with Crippen LogP contribution in [0.15, 0.2) is 66.7 Å². The molecule has 1 spiro atoms. The smallest absolute Gasteiger partial charge is 0.246 e. The van der Waals surface area contributed by atoms with E-state index >= 15 is 0 Å². The van der Waals surface area contributed by atoms with Gasteiger partial charge in [-0.3, -0.25) is 19.3 Å². The summed E-state index contributed by atoms with van der Waals surface area (Å²) in [6.07, 6.45) is 7.10. The summed E-state index contributed by atoms with van der Waals surface area (Å²) in [5, 5.41) is 6.91. The summed E-state index contributed by atoms with van der Waals surface area (Å²) >= 11 is 6.06. The molecule has 2 aromatic carbocycles. The highest BCUT2D eigenvalue weighted by Crippen LogP contribution is 2.55. The van der Waals surface area contributed by atoms with Gasteiger partial charge in [0, 0.05) is 56.0 Å². The van der Waals surface area contributed by atoms with Crippen molar-refractivity contribution in [2.75, 3.05) is 44.6 Å². The third-order valence-electron chi connectivity index (χ3n) is 11.7. The third-order valence-corrected chi connectivity index (χ3v) is 11.9. The first-order valence-electron chi connectivity index (χ1n) is 17.8. The van der Waals surface area contributed by atoms with E-state index in [1.54, 1.807) is 29.2 Å². The second-order valence-electron chi connectivity index (χ2n) is 14.6. The summed E-state index contributed by atoms with van der Waals surface area (Å²) in [6.45, 7) is 10.6. The zero-order valence-corrected chi connectivity index (χ0v) is 28.8. The molecule has 4 aliphatic heterocycles. The molecule has 256 valence electrons. The van der Waals surface area contributed by atoms with Crippen molar-refractivity contribution >= 4 is 35.0 Å². The minimum Gasteiger partial charge on any atom is -0.359 e. The van der Waals surface area contributed by atoms with Gasteiger partial charge >= 0.3 is 0 Å². The Labute approximate surface area is 289 Å². The number of benzene rings is 2. The Hall–Kier alpha value is -3.24. The number of hydrogen-bond donors (Lipinski definition) is 2. The van der Waals surface area contributed by atoms with E-state index in [0.29, 0.717) is 29.1 Å². The molecule has 2 aromatic rings. The number of nitrogens with one attached hydrogen (secondary N) is 2. The normalized spacial score (nSPS) is 33.2. The molecule has 48 heavy (non-hydrogen) atoms. The van der Waals surface area contributed by atoms with Crippen molar-refractivity contribution in [3.05, 3.63) is 77.3 Å². The van der Waals surface area contributed by atoms with Gasteiger partial charge in [-0.1, -0.05) is 80.8 Å². The number of halogens is 1. The Morgan fingerprint density at radius 1 is 0.938 bits per heavy atom. The van der Waals surface area contributed by atoms with Crippen LogP contribution in [-0.4, -0.2) is 95.5 Å². The minimum atomic E-state index is -1.17. The van der Waals surface area contributed by atoms with Crippen LogP contribution in [-0.2, 0) is 25.7 Å². The lowest BCUT2D eigenvalue weighted by molar-refractivity contribution is -0.141. The van der Waals surface area contributed by atoms with Crippen LogP contribution in [0, 0.1) is 23.7 Å². The van der Waals surface area contributed by atoms with Crippen LogP contribution >= 0.6 is 11.6 Å². The molecule has 0 aromatic heterocycles. The Morgan fingerprint density at radius 3 is 2.42 bits per heavy atom. The highest BCUT2D eigenvalue weighted by molar-refractivity contribution is 6.30. The largest absolute Gasteiger partial charge is 0.359 e. The van der Waals surface area contributed by atoms with Gasteiger partial charge in [-0.15, -0.1) is 0 Å². The minimum absolute atomic E-state index is 0.0485. The van der Waals surface area contributed by atoms with Gasteiger partial charge in [0.1, 0.15) is 11.6 Å². The number of piperazine rings is 1. The number of anilines is 1. The van der Waals surface area contributed by atoms with Crippen molar-refractivity contribution in [2.45, 2.75) is 69.9 Å². The first-order valence-corrected chi connectivity index (χ1v) is 18.1. The molecule has 4 heterocycles. The summed E-state index contributed by atoms with van der Waals surface area (Å²) in [4.78, 5) is 49.2.